The lowest BCUT2D eigenvalue weighted by molar-refractivity contribution is -0.196. The van der Waals surface area contributed by atoms with Gasteiger partial charge in [0.25, 0.3) is 0 Å². The Morgan fingerprint density at radius 1 is 0.857 bits per heavy atom. The molecule has 1 aliphatic heterocycles. The maximum atomic E-state index is 13.5. The molecule has 1 heterocycles. The molecular formula is C30H34N2O3. The molecule has 0 aromatic heterocycles. The minimum Gasteiger partial charge on any atom is -0.459 e. The summed E-state index contributed by atoms with van der Waals surface area (Å²) in [6.45, 7) is 8.72. The molecule has 1 amide bonds. The summed E-state index contributed by atoms with van der Waals surface area (Å²) in [5.74, 6) is -1.52. The molecule has 4 rings (SSSR count). The summed E-state index contributed by atoms with van der Waals surface area (Å²) in [5, 5.41) is 0. The Morgan fingerprint density at radius 3 is 1.77 bits per heavy atom. The fraction of sp³-hybridized carbons (Fsp3) is 0.333. The molecule has 3 atom stereocenters. The minimum atomic E-state index is -0.868. The highest BCUT2D eigenvalue weighted by Crippen LogP contribution is 2.40. The lowest BCUT2D eigenvalue weighted by Gasteiger charge is -2.53. The van der Waals surface area contributed by atoms with Gasteiger partial charge < -0.3 is 9.64 Å². The van der Waals surface area contributed by atoms with Gasteiger partial charge in [0.1, 0.15) is 11.8 Å². The summed E-state index contributed by atoms with van der Waals surface area (Å²) in [5.41, 5.74) is 2.61. The molecule has 35 heavy (non-hydrogen) atoms. The molecule has 1 saturated heterocycles. The average Bonchev–Trinajstić information content (AvgIpc) is 2.83. The predicted octanol–water partition coefficient (Wildman–Crippen LogP) is 5.58. The van der Waals surface area contributed by atoms with Crippen LogP contribution in [0.4, 0.5) is 0 Å². The molecule has 1 fully saturated rings. The summed E-state index contributed by atoms with van der Waals surface area (Å²) in [7, 11) is 0. The molecule has 5 heteroatoms. The van der Waals surface area contributed by atoms with Crippen LogP contribution in [0.5, 0.6) is 0 Å². The zero-order valence-corrected chi connectivity index (χ0v) is 20.9. The molecule has 5 nitrogen and oxygen atoms in total. The summed E-state index contributed by atoms with van der Waals surface area (Å²) < 4.78 is 5.71. The number of esters is 1. The van der Waals surface area contributed by atoms with Gasteiger partial charge in [-0.3, -0.25) is 14.5 Å². The van der Waals surface area contributed by atoms with Crippen molar-refractivity contribution >= 4 is 11.9 Å². The Bertz CT molecular complexity index is 1090. The number of rotatable bonds is 8. The molecule has 1 unspecified atom stereocenters. The van der Waals surface area contributed by atoms with Crippen molar-refractivity contribution in [1.29, 1.82) is 0 Å². The van der Waals surface area contributed by atoms with Crippen LogP contribution in [0, 0.1) is 5.92 Å². The van der Waals surface area contributed by atoms with E-state index in [1.165, 1.54) is 0 Å². The Labute approximate surface area is 208 Å². The van der Waals surface area contributed by atoms with Gasteiger partial charge in [0.2, 0.25) is 5.91 Å². The third kappa shape index (κ3) is 5.80. The molecule has 0 spiro atoms. The Morgan fingerprint density at radius 2 is 1.31 bits per heavy atom. The number of ether oxygens (including phenoxy) is 1. The van der Waals surface area contributed by atoms with Gasteiger partial charge in [-0.2, -0.15) is 0 Å². The van der Waals surface area contributed by atoms with E-state index in [9.17, 15) is 9.59 Å². The number of hydrogen-bond donors (Lipinski definition) is 0. The zero-order chi connectivity index (χ0) is 25.0. The first-order chi connectivity index (χ1) is 16.7. The highest BCUT2D eigenvalue weighted by Gasteiger charge is 2.57. The van der Waals surface area contributed by atoms with Crippen LogP contribution in [0.1, 0.15) is 50.4 Å². The van der Waals surface area contributed by atoms with Gasteiger partial charge in [-0.1, -0.05) is 91.0 Å². The molecule has 0 bridgehead atoms. The van der Waals surface area contributed by atoms with Crippen LogP contribution in [0.25, 0.3) is 0 Å². The van der Waals surface area contributed by atoms with Crippen molar-refractivity contribution in [1.82, 2.24) is 9.80 Å². The van der Waals surface area contributed by atoms with E-state index in [0.717, 1.165) is 16.7 Å². The number of benzene rings is 3. The van der Waals surface area contributed by atoms with Crippen molar-refractivity contribution in [3.8, 4) is 0 Å². The van der Waals surface area contributed by atoms with Gasteiger partial charge in [0, 0.05) is 13.1 Å². The van der Waals surface area contributed by atoms with Gasteiger partial charge in [-0.05, 0) is 44.4 Å². The Kier molecular flexibility index (Phi) is 7.37. The molecule has 0 saturated carbocycles. The quantitative estimate of drug-likeness (QED) is 0.245. The highest BCUT2D eigenvalue weighted by atomic mass is 16.6. The first-order valence-electron chi connectivity index (χ1n) is 12.2. The van der Waals surface area contributed by atoms with Gasteiger partial charge in [-0.15, -0.1) is 0 Å². The number of hydrogen-bond acceptors (Lipinski definition) is 4. The molecule has 1 aliphatic rings. The zero-order valence-electron chi connectivity index (χ0n) is 20.9. The van der Waals surface area contributed by atoms with Crippen LogP contribution in [-0.2, 0) is 27.4 Å². The van der Waals surface area contributed by atoms with E-state index in [0.29, 0.717) is 13.1 Å². The molecule has 0 N–H and O–H groups in total. The number of nitrogens with zero attached hydrogens (tertiary/aromatic N) is 2. The summed E-state index contributed by atoms with van der Waals surface area (Å²) >= 11 is 0. The fourth-order valence-electron chi connectivity index (χ4n) is 4.66. The molecule has 3 aromatic rings. The first kappa shape index (κ1) is 24.7. The summed E-state index contributed by atoms with van der Waals surface area (Å²) in [4.78, 5) is 30.9. The largest absolute Gasteiger partial charge is 0.459 e. The maximum absolute atomic E-state index is 13.5. The van der Waals surface area contributed by atoms with E-state index in [1.54, 1.807) is 0 Å². The van der Waals surface area contributed by atoms with Crippen molar-refractivity contribution < 1.29 is 14.3 Å². The summed E-state index contributed by atoms with van der Waals surface area (Å²) in [6.07, 6.45) is -0.423. The second-order valence-corrected chi connectivity index (χ2v) is 10.1. The highest BCUT2D eigenvalue weighted by molar-refractivity contribution is 6.03. The van der Waals surface area contributed by atoms with E-state index in [2.05, 4.69) is 29.2 Å². The second kappa shape index (κ2) is 10.4. The average molecular weight is 471 g/mol. The van der Waals surface area contributed by atoms with Crippen molar-refractivity contribution in [2.24, 2.45) is 5.92 Å². The van der Waals surface area contributed by atoms with Gasteiger partial charge in [0.15, 0.2) is 5.92 Å². The molecule has 0 aliphatic carbocycles. The van der Waals surface area contributed by atoms with Crippen LogP contribution in [0.3, 0.4) is 0 Å². The normalized spacial score (nSPS) is 18.8. The molecule has 182 valence electrons. The number of likely N-dealkylation sites (tertiary alicyclic amines) is 1. The molecular weight excluding hydrogens is 436 g/mol. The number of carbonyl (C=O) groups excluding carboxylic acids is 2. The third-order valence-electron chi connectivity index (χ3n) is 6.29. The Hall–Kier alpha value is -3.44. The van der Waals surface area contributed by atoms with Crippen LogP contribution in [0.2, 0.25) is 0 Å². The van der Waals surface area contributed by atoms with E-state index < -0.39 is 23.7 Å². The van der Waals surface area contributed by atoms with E-state index in [1.807, 2.05) is 99.3 Å². The van der Waals surface area contributed by atoms with E-state index in [4.69, 9.17) is 4.74 Å². The third-order valence-corrected chi connectivity index (χ3v) is 6.29. The second-order valence-electron chi connectivity index (χ2n) is 10.1. The van der Waals surface area contributed by atoms with Gasteiger partial charge in [0.05, 0.1) is 6.04 Å². The van der Waals surface area contributed by atoms with Crippen molar-refractivity contribution in [2.75, 3.05) is 0 Å². The number of β-lactam (4-membered cyclic amide) rings is 1. The maximum Gasteiger partial charge on any atom is 0.322 e. The van der Waals surface area contributed by atoms with Gasteiger partial charge in [-0.25, -0.2) is 0 Å². The van der Waals surface area contributed by atoms with Crippen molar-refractivity contribution in [3.63, 3.8) is 0 Å². The monoisotopic (exact) mass is 470 g/mol. The van der Waals surface area contributed by atoms with E-state index >= 15 is 0 Å². The molecule has 3 aromatic carbocycles. The fourth-order valence-corrected chi connectivity index (χ4v) is 4.66. The predicted molar refractivity (Wildman–Crippen MR) is 137 cm³/mol. The van der Waals surface area contributed by atoms with Crippen LogP contribution >= 0.6 is 0 Å². The standard InChI is InChI=1S/C30H34N2O3/c1-22(25-18-12-7-13-19-25)32-27(26(28(32)33)29(34)35-30(2,3)4)31(20-23-14-8-5-9-15-23)21-24-16-10-6-11-17-24/h5-19,22,26-27H,20-21H2,1-4H3/t22?,26-,27-/m1/s1. The van der Waals surface area contributed by atoms with Gasteiger partial charge >= 0.3 is 5.97 Å². The van der Waals surface area contributed by atoms with Crippen LogP contribution < -0.4 is 0 Å². The van der Waals surface area contributed by atoms with Crippen molar-refractivity contribution in [3.05, 3.63) is 108 Å². The Balaban J connectivity index is 1.72. The number of amides is 1. The minimum absolute atomic E-state index is 0.179. The smallest absolute Gasteiger partial charge is 0.322 e. The van der Waals surface area contributed by atoms with Crippen molar-refractivity contribution in [2.45, 2.75) is 58.6 Å². The first-order valence-corrected chi connectivity index (χ1v) is 12.2. The SMILES string of the molecule is CC(c1ccccc1)N1C(=O)[C@H](C(=O)OC(C)(C)C)[C@@H]1N(Cc1ccccc1)Cc1ccccc1. The van der Waals surface area contributed by atoms with Crippen LogP contribution in [-0.4, -0.2) is 33.4 Å². The molecule has 0 radical (unpaired) electrons. The lowest BCUT2D eigenvalue weighted by atomic mass is 9.87. The number of carbonyl (C=O) groups is 2. The van der Waals surface area contributed by atoms with E-state index in [-0.39, 0.29) is 11.9 Å². The summed E-state index contributed by atoms with van der Waals surface area (Å²) in [6, 6.07) is 30.1. The van der Waals surface area contributed by atoms with Crippen LogP contribution in [0.15, 0.2) is 91.0 Å². The lowest BCUT2D eigenvalue weighted by Crippen LogP contribution is -2.70. The topological polar surface area (TPSA) is 49.9 Å².